The van der Waals surface area contributed by atoms with E-state index in [0.29, 0.717) is 25.3 Å². The van der Waals surface area contributed by atoms with Crippen LogP contribution in [0.15, 0.2) is 72.9 Å². The van der Waals surface area contributed by atoms with Gasteiger partial charge in [0.1, 0.15) is 17.3 Å². The summed E-state index contributed by atoms with van der Waals surface area (Å²) in [7, 11) is 0. The summed E-state index contributed by atoms with van der Waals surface area (Å²) in [6, 6.07) is 21.9. The molecular formula is C29H34N4O2. The van der Waals surface area contributed by atoms with E-state index in [0.717, 1.165) is 42.0 Å². The Kier molecular flexibility index (Phi) is 7.80. The van der Waals surface area contributed by atoms with Gasteiger partial charge in [0, 0.05) is 25.7 Å². The molecule has 0 unspecified atom stereocenters. The number of hydrogen-bond acceptors (Lipinski definition) is 4. The van der Waals surface area contributed by atoms with Crippen molar-refractivity contribution >= 4 is 16.9 Å². The van der Waals surface area contributed by atoms with Gasteiger partial charge in [0.15, 0.2) is 0 Å². The molecule has 4 aromatic rings. The Bertz CT molecular complexity index is 1240. The van der Waals surface area contributed by atoms with Crippen LogP contribution in [0.3, 0.4) is 0 Å². The average Bonchev–Trinajstić information content (AvgIpc) is 3.21. The van der Waals surface area contributed by atoms with Crippen molar-refractivity contribution in [3.63, 3.8) is 0 Å². The monoisotopic (exact) mass is 470 g/mol. The van der Waals surface area contributed by atoms with Crippen LogP contribution in [0, 0.1) is 0 Å². The van der Waals surface area contributed by atoms with Gasteiger partial charge in [-0.15, -0.1) is 0 Å². The van der Waals surface area contributed by atoms with Crippen LogP contribution >= 0.6 is 0 Å². The molecule has 0 aliphatic carbocycles. The number of aryl methyl sites for hydroxylation is 1. The second-order valence-corrected chi connectivity index (χ2v) is 9.72. The molecule has 0 saturated carbocycles. The molecule has 0 radical (unpaired) electrons. The van der Waals surface area contributed by atoms with Gasteiger partial charge in [-0.3, -0.25) is 9.78 Å². The summed E-state index contributed by atoms with van der Waals surface area (Å²) in [5, 5.41) is 2.95. The van der Waals surface area contributed by atoms with Crippen LogP contribution in [0.5, 0.6) is 5.75 Å². The lowest BCUT2D eigenvalue weighted by Gasteiger charge is -2.19. The molecule has 0 bridgehead atoms. The van der Waals surface area contributed by atoms with E-state index in [1.807, 2.05) is 24.3 Å². The third kappa shape index (κ3) is 6.47. The Morgan fingerprint density at radius 3 is 2.49 bits per heavy atom. The van der Waals surface area contributed by atoms with Crippen LogP contribution in [0.2, 0.25) is 0 Å². The second kappa shape index (κ2) is 11.2. The topological polar surface area (TPSA) is 69.0 Å². The molecule has 6 heteroatoms. The predicted octanol–water partition coefficient (Wildman–Crippen LogP) is 5.56. The maximum atomic E-state index is 12.3. The van der Waals surface area contributed by atoms with Crippen molar-refractivity contribution in [2.75, 3.05) is 13.2 Å². The number of unbranched alkanes of at least 4 members (excludes halogenated alkanes) is 1. The van der Waals surface area contributed by atoms with Crippen LogP contribution in [0.25, 0.3) is 11.0 Å². The van der Waals surface area contributed by atoms with E-state index in [1.54, 1.807) is 18.3 Å². The number of ether oxygens (including phenoxy) is 1. The number of carbonyl (C=O) groups excluding carboxylic acids is 1. The fraction of sp³-hybridized carbons (Fsp3) is 0.345. The number of amides is 1. The van der Waals surface area contributed by atoms with Crippen molar-refractivity contribution in [2.45, 2.75) is 52.0 Å². The average molecular weight is 471 g/mol. The summed E-state index contributed by atoms with van der Waals surface area (Å²) < 4.78 is 8.23. The number of aromatic nitrogens is 3. The van der Waals surface area contributed by atoms with E-state index in [1.165, 1.54) is 5.56 Å². The first kappa shape index (κ1) is 24.5. The molecule has 6 nitrogen and oxygen atoms in total. The minimum absolute atomic E-state index is 0.144. The molecule has 182 valence electrons. The normalized spacial score (nSPS) is 11.5. The first-order chi connectivity index (χ1) is 16.9. The maximum absolute atomic E-state index is 12.3. The molecule has 2 aromatic heterocycles. The number of fused-ring (bicyclic) bond motifs is 1. The molecule has 0 aliphatic rings. The van der Waals surface area contributed by atoms with E-state index < -0.39 is 0 Å². The van der Waals surface area contributed by atoms with Crippen molar-refractivity contribution in [3.05, 3.63) is 90.0 Å². The molecule has 35 heavy (non-hydrogen) atoms. The molecule has 4 rings (SSSR count). The standard InChI is InChI=1S/C29H34N4O2/c1-29(2,3)22-13-15-23(16-14-22)35-21-9-8-20-33-26-12-5-4-10-24(26)32-27(33)17-19-31-28(34)25-11-6-7-18-30-25/h4-7,10-16,18H,8-9,17,19-21H2,1-3H3,(H,31,34). The third-order valence-electron chi connectivity index (χ3n) is 6.03. The third-order valence-corrected chi connectivity index (χ3v) is 6.03. The molecular weight excluding hydrogens is 436 g/mol. The summed E-state index contributed by atoms with van der Waals surface area (Å²) >= 11 is 0. The highest BCUT2D eigenvalue weighted by Gasteiger charge is 2.13. The highest BCUT2D eigenvalue weighted by Crippen LogP contribution is 2.24. The highest BCUT2D eigenvalue weighted by molar-refractivity contribution is 5.92. The summed E-state index contributed by atoms with van der Waals surface area (Å²) in [4.78, 5) is 21.2. The Hall–Kier alpha value is -3.67. The number of nitrogens with one attached hydrogen (secondary N) is 1. The SMILES string of the molecule is CC(C)(C)c1ccc(OCCCCn2c(CCNC(=O)c3ccccn3)nc3ccccc32)cc1. The number of imidazole rings is 1. The molecule has 1 amide bonds. The quantitative estimate of drug-likeness (QED) is 0.308. The lowest BCUT2D eigenvalue weighted by Crippen LogP contribution is -2.27. The van der Waals surface area contributed by atoms with Crippen molar-refractivity contribution in [2.24, 2.45) is 0 Å². The van der Waals surface area contributed by atoms with E-state index in [4.69, 9.17) is 9.72 Å². The maximum Gasteiger partial charge on any atom is 0.269 e. The lowest BCUT2D eigenvalue weighted by atomic mass is 9.87. The number of rotatable bonds is 10. The van der Waals surface area contributed by atoms with E-state index in [-0.39, 0.29) is 11.3 Å². The van der Waals surface area contributed by atoms with Gasteiger partial charge in [-0.05, 0) is 60.2 Å². The largest absolute Gasteiger partial charge is 0.494 e. The zero-order valence-corrected chi connectivity index (χ0v) is 20.8. The van der Waals surface area contributed by atoms with Crippen LogP contribution in [0.4, 0.5) is 0 Å². The number of pyridine rings is 1. The van der Waals surface area contributed by atoms with Gasteiger partial charge in [0.2, 0.25) is 0 Å². The number of para-hydroxylation sites is 2. The molecule has 0 spiro atoms. The summed E-state index contributed by atoms with van der Waals surface area (Å²) in [6.45, 7) is 8.68. The summed E-state index contributed by atoms with van der Waals surface area (Å²) in [6.07, 6.45) is 4.21. The number of benzene rings is 2. The fourth-order valence-corrected chi connectivity index (χ4v) is 4.05. The Labute approximate surface area is 207 Å². The van der Waals surface area contributed by atoms with Crippen LogP contribution in [-0.4, -0.2) is 33.6 Å². The number of hydrogen-bond donors (Lipinski definition) is 1. The van der Waals surface area contributed by atoms with Crippen molar-refractivity contribution in [1.29, 1.82) is 0 Å². The smallest absolute Gasteiger partial charge is 0.269 e. The minimum atomic E-state index is -0.166. The van der Waals surface area contributed by atoms with Gasteiger partial charge in [-0.2, -0.15) is 0 Å². The number of nitrogens with zero attached hydrogens (tertiary/aromatic N) is 3. The number of carbonyl (C=O) groups is 1. The van der Waals surface area contributed by atoms with E-state index >= 15 is 0 Å². The van der Waals surface area contributed by atoms with Gasteiger partial charge < -0.3 is 14.6 Å². The van der Waals surface area contributed by atoms with Gasteiger partial charge in [0.05, 0.1) is 17.6 Å². The Morgan fingerprint density at radius 1 is 0.971 bits per heavy atom. The molecule has 0 saturated heterocycles. The first-order valence-electron chi connectivity index (χ1n) is 12.3. The van der Waals surface area contributed by atoms with Crippen LogP contribution in [0.1, 0.15) is 55.5 Å². The molecule has 2 heterocycles. The van der Waals surface area contributed by atoms with Crippen LogP contribution in [-0.2, 0) is 18.4 Å². The van der Waals surface area contributed by atoms with E-state index in [2.05, 4.69) is 66.0 Å². The lowest BCUT2D eigenvalue weighted by molar-refractivity contribution is 0.0949. The minimum Gasteiger partial charge on any atom is -0.494 e. The van der Waals surface area contributed by atoms with Gasteiger partial charge in [-0.1, -0.05) is 51.1 Å². The van der Waals surface area contributed by atoms with Crippen molar-refractivity contribution in [3.8, 4) is 5.75 Å². The fourth-order valence-electron chi connectivity index (χ4n) is 4.05. The molecule has 0 atom stereocenters. The summed E-state index contributed by atoms with van der Waals surface area (Å²) in [5.74, 6) is 1.72. The molecule has 1 N–H and O–H groups in total. The summed E-state index contributed by atoms with van der Waals surface area (Å²) in [5.41, 5.74) is 3.98. The van der Waals surface area contributed by atoms with Gasteiger partial charge >= 0.3 is 0 Å². The van der Waals surface area contributed by atoms with Crippen molar-refractivity contribution < 1.29 is 9.53 Å². The van der Waals surface area contributed by atoms with Crippen LogP contribution < -0.4 is 10.1 Å². The van der Waals surface area contributed by atoms with Gasteiger partial charge in [0.25, 0.3) is 5.91 Å². The highest BCUT2D eigenvalue weighted by atomic mass is 16.5. The Morgan fingerprint density at radius 2 is 1.74 bits per heavy atom. The zero-order chi connectivity index (χ0) is 24.7. The molecule has 2 aromatic carbocycles. The van der Waals surface area contributed by atoms with E-state index in [9.17, 15) is 4.79 Å². The first-order valence-corrected chi connectivity index (χ1v) is 12.3. The van der Waals surface area contributed by atoms with Crippen molar-refractivity contribution in [1.82, 2.24) is 19.9 Å². The predicted molar refractivity (Wildman–Crippen MR) is 140 cm³/mol. The molecule has 0 fully saturated rings. The second-order valence-electron chi connectivity index (χ2n) is 9.72. The zero-order valence-electron chi connectivity index (χ0n) is 20.8. The Balaban J connectivity index is 1.30. The van der Waals surface area contributed by atoms with Gasteiger partial charge in [-0.25, -0.2) is 4.98 Å². The molecule has 0 aliphatic heterocycles.